The van der Waals surface area contributed by atoms with Gasteiger partial charge < -0.3 is 34.7 Å². The summed E-state index contributed by atoms with van der Waals surface area (Å²) in [5.41, 5.74) is 0. The summed E-state index contributed by atoms with van der Waals surface area (Å²) in [6, 6.07) is 0. The van der Waals surface area contributed by atoms with Crippen molar-refractivity contribution in [3.63, 3.8) is 0 Å². The lowest BCUT2D eigenvalue weighted by Crippen LogP contribution is -2.34. The van der Waals surface area contributed by atoms with E-state index in [9.17, 15) is 14.2 Å². The monoisotopic (exact) mass is 310 g/mol. The van der Waals surface area contributed by atoms with Crippen LogP contribution in [0.3, 0.4) is 0 Å². The zero-order valence-electron chi connectivity index (χ0n) is 8.64. The van der Waals surface area contributed by atoms with Crippen molar-refractivity contribution in [2.24, 2.45) is 0 Å². The Balaban J connectivity index is 2.51. The van der Waals surface area contributed by atoms with Gasteiger partial charge in [0.15, 0.2) is 6.29 Å². The number of hydrogen-bond acceptors (Lipinski definition) is 8. The first kappa shape index (κ1) is 16.2. The molecule has 0 spiro atoms. The van der Waals surface area contributed by atoms with Gasteiger partial charge in [0, 0.05) is 0 Å². The van der Waals surface area contributed by atoms with Gasteiger partial charge in [-0.15, -0.1) is 0 Å². The van der Waals surface area contributed by atoms with Crippen LogP contribution < -0.4 is 0 Å². The fourth-order valence-electron chi connectivity index (χ4n) is 1.19. The predicted octanol–water partition coefficient (Wildman–Crippen LogP) is -2.35. The summed E-state index contributed by atoms with van der Waals surface area (Å²) in [4.78, 5) is 25.5. The Kier molecular flexibility index (Phi) is 5.04. The molecule has 2 unspecified atom stereocenters. The molecule has 108 valence electrons. The predicted molar refractivity (Wildman–Crippen MR) is 51.8 cm³/mol. The third-order valence-electron chi connectivity index (χ3n) is 1.95. The van der Waals surface area contributed by atoms with E-state index in [0.29, 0.717) is 0 Å². The third-order valence-corrected chi connectivity index (χ3v) is 4.10. The molecule has 0 aromatic heterocycles. The van der Waals surface area contributed by atoms with E-state index in [2.05, 4.69) is 13.6 Å². The highest BCUT2D eigenvalue weighted by atomic mass is 31.3. The molecule has 1 rings (SSSR count). The normalized spacial score (nSPS) is 36.6. The van der Waals surface area contributed by atoms with E-state index in [-0.39, 0.29) is 0 Å². The second-order valence-electron chi connectivity index (χ2n) is 3.38. The molecule has 1 saturated heterocycles. The fourth-order valence-corrected chi connectivity index (χ4v) is 2.79. The van der Waals surface area contributed by atoms with Crippen LogP contribution in [0.25, 0.3) is 0 Å². The molecule has 0 amide bonds. The number of aliphatic hydroxyl groups excluding tert-OH is 3. The van der Waals surface area contributed by atoms with E-state index >= 15 is 0 Å². The van der Waals surface area contributed by atoms with Gasteiger partial charge in [0.25, 0.3) is 0 Å². The van der Waals surface area contributed by atoms with Crippen molar-refractivity contribution in [1.82, 2.24) is 0 Å². The van der Waals surface area contributed by atoms with Crippen LogP contribution in [0.15, 0.2) is 0 Å². The van der Waals surface area contributed by atoms with Gasteiger partial charge in [-0.3, -0.25) is 4.52 Å². The van der Waals surface area contributed by atoms with Gasteiger partial charge in [-0.1, -0.05) is 0 Å². The molecule has 0 aromatic rings. The molecule has 1 heterocycles. The van der Waals surface area contributed by atoms with E-state index in [1.807, 2.05) is 0 Å². The SMILES string of the molecule is O=P(O)(O)OP(=O)(O)OC[C@H]1OC(O)[C@H](O)[C@@H]1O. The maximum atomic E-state index is 11.0. The molecular formula is C5H12O11P2. The van der Waals surface area contributed by atoms with Gasteiger partial charge in [-0.05, 0) is 0 Å². The summed E-state index contributed by atoms with van der Waals surface area (Å²) < 4.78 is 33.5. The van der Waals surface area contributed by atoms with Crippen molar-refractivity contribution in [1.29, 1.82) is 0 Å². The highest BCUT2D eigenvalue weighted by Gasteiger charge is 2.43. The van der Waals surface area contributed by atoms with Crippen molar-refractivity contribution in [2.75, 3.05) is 6.61 Å². The number of ether oxygens (including phenoxy) is 1. The quantitative estimate of drug-likeness (QED) is 0.299. The van der Waals surface area contributed by atoms with Crippen molar-refractivity contribution in [3.8, 4) is 0 Å². The number of hydrogen-bond donors (Lipinski definition) is 6. The Morgan fingerprint density at radius 1 is 1.06 bits per heavy atom. The third kappa shape index (κ3) is 4.65. The summed E-state index contributed by atoms with van der Waals surface area (Å²) in [7, 11) is -10.3. The van der Waals surface area contributed by atoms with Crippen LogP contribution in [0, 0.1) is 0 Å². The van der Waals surface area contributed by atoms with E-state index in [1.54, 1.807) is 0 Å². The molecule has 1 aliphatic heterocycles. The van der Waals surface area contributed by atoms with Gasteiger partial charge in [0.05, 0.1) is 6.61 Å². The van der Waals surface area contributed by atoms with Crippen LogP contribution >= 0.6 is 15.6 Å². The van der Waals surface area contributed by atoms with Crippen LogP contribution in [0.4, 0.5) is 0 Å². The zero-order chi connectivity index (χ0) is 14.1. The molecule has 0 saturated carbocycles. The van der Waals surface area contributed by atoms with Gasteiger partial charge in [0.1, 0.15) is 18.3 Å². The molecular weight excluding hydrogens is 298 g/mol. The minimum absolute atomic E-state index is 0.830. The summed E-state index contributed by atoms with van der Waals surface area (Å²) in [5.74, 6) is 0. The topological polar surface area (TPSA) is 183 Å². The molecule has 6 N–H and O–H groups in total. The first-order valence-corrected chi connectivity index (χ1v) is 7.48. The van der Waals surface area contributed by atoms with Gasteiger partial charge >= 0.3 is 15.6 Å². The van der Waals surface area contributed by atoms with Crippen LogP contribution in [-0.2, 0) is 22.7 Å². The fraction of sp³-hybridized carbons (Fsp3) is 1.00. The lowest BCUT2D eigenvalue weighted by Gasteiger charge is -2.17. The van der Waals surface area contributed by atoms with Crippen LogP contribution in [0.5, 0.6) is 0 Å². The lowest BCUT2D eigenvalue weighted by atomic mass is 10.1. The van der Waals surface area contributed by atoms with Crippen molar-refractivity contribution in [3.05, 3.63) is 0 Å². The van der Waals surface area contributed by atoms with Crippen molar-refractivity contribution >= 4 is 15.6 Å². The Bertz CT molecular complexity index is 378. The van der Waals surface area contributed by atoms with Crippen LogP contribution in [-0.4, -0.2) is 61.2 Å². The second-order valence-corrected chi connectivity index (χ2v) is 6.21. The molecule has 13 heteroatoms. The number of rotatable bonds is 5. The first-order valence-electron chi connectivity index (χ1n) is 4.46. The van der Waals surface area contributed by atoms with Gasteiger partial charge in [0.2, 0.25) is 0 Å². The zero-order valence-corrected chi connectivity index (χ0v) is 10.4. The Labute approximate surface area is 100 Å². The van der Waals surface area contributed by atoms with E-state index in [0.717, 1.165) is 0 Å². The Morgan fingerprint density at radius 3 is 2.00 bits per heavy atom. The molecule has 1 fully saturated rings. The van der Waals surface area contributed by atoms with E-state index < -0.39 is 46.9 Å². The standard InChI is InChI=1S/C5H12O11P2/c6-3-2(15-5(8)4(3)7)1-14-18(12,13)16-17(9,10)11/h2-8H,1H2,(H,12,13)(H2,9,10,11)/t2-,3-,4-,5?/m1/s1. The number of phosphoric ester groups is 1. The van der Waals surface area contributed by atoms with Gasteiger partial charge in [-0.2, -0.15) is 4.31 Å². The maximum Gasteiger partial charge on any atom is 0.481 e. The largest absolute Gasteiger partial charge is 0.481 e. The molecule has 1 aliphatic rings. The molecule has 0 aromatic carbocycles. The highest BCUT2D eigenvalue weighted by molar-refractivity contribution is 7.60. The molecule has 18 heavy (non-hydrogen) atoms. The van der Waals surface area contributed by atoms with Crippen molar-refractivity contribution < 1.29 is 52.7 Å². The molecule has 0 radical (unpaired) electrons. The summed E-state index contributed by atoms with van der Waals surface area (Å²) in [6.45, 7) is -0.830. The van der Waals surface area contributed by atoms with Gasteiger partial charge in [-0.25, -0.2) is 9.13 Å². The van der Waals surface area contributed by atoms with Crippen LogP contribution in [0.1, 0.15) is 0 Å². The lowest BCUT2D eigenvalue weighted by molar-refractivity contribution is -0.132. The second kappa shape index (κ2) is 5.61. The maximum absolute atomic E-state index is 11.0. The average molecular weight is 310 g/mol. The minimum Gasteiger partial charge on any atom is -0.387 e. The van der Waals surface area contributed by atoms with E-state index in [4.69, 9.17) is 24.9 Å². The minimum atomic E-state index is -5.23. The highest BCUT2D eigenvalue weighted by Crippen LogP contribution is 2.57. The molecule has 5 atom stereocenters. The smallest absolute Gasteiger partial charge is 0.387 e. The summed E-state index contributed by atoms with van der Waals surface area (Å²) in [5, 5.41) is 27.3. The summed E-state index contributed by atoms with van der Waals surface area (Å²) in [6.07, 6.45) is -6.26. The van der Waals surface area contributed by atoms with E-state index in [1.165, 1.54) is 0 Å². The summed E-state index contributed by atoms with van der Waals surface area (Å²) >= 11 is 0. The number of aliphatic hydroxyl groups is 3. The molecule has 0 bridgehead atoms. The van der Waals surface area contributed by atoms with Crippen molar-refractivity contribution in [2.45, 2.75) is 24.6 Å². The molecule has 11 nitrogen and oxygen atoms in total. The average Bonchev–Trinajstić information content (AvgIpc) is 2.39. The first-order chi connectivity index (χ1) is 8.02. The number of phosphoric acid groups is 2. The molecule has 0 aliphatic carbocycles. The van der Waals surface area contributed by atoms with Crippen LogP contribution in [0.2, 0.25) is 0 Å². The Hall–Kier alpha value is 0.1000. The Morgan fingerprint density at radius 2 is 1.61 bits per heavy atom.